The van der Waals surface area contributed by atoms with E-state index in [9.17, 15) is 4.79 Å². The molecular formula is C17H13N3O. The molecule has 0 saturated carbocycles. The van der Waals surface area contributed by atoms with Gasteiger partial charge in [0, 0.05) is 23.6 Å². The molecule has 0 saturated heterocycles. The zero-order valence-electron chi connectivity index (χ0n) is 11.2. The predicted octanol–water partition coefficient (Wildman–Crippen LogP) is 3.09. The lowest BCUT2D eigenvalue weighted by atomic mass is 9.97. The van der Waals surface area contributed by atoms with Crippen molar-refractivity contribution in [1.29, 1.82) is 0 Å². The van der Waals surface area contributed by atoms with Crippen molar-refractivity contribution in [3.63, 3.8) is 0 Å². The number of imidazole rings is 1. The molecule has 1 unspecified atom stereocenters. The van der Waals surface area contributed by atoms with Gasteiger partial charge in [-0.25, -0.2) is 4.98 Å². The van der Waals surface area contributed by atoms with Crippen molar-refractivity contribution >= 4 is 11.6 Å². The molecule has 0 spiro atoms. The number of hydrogen-bond acceptors (Lipinski definition) is 2. The Hall–Kier alpha value is -2.88. The minimum Gasteiger partial charge on any atom is -0.319 e. The second kappa shape index (κ2) is 4.59. The number of nitrogens with zero attached hydrogens (tertiary/aromatic N) is 2. The smallest absolute Gasteiger partial charge is 0.291 e. The van der Waals surface area contributed by atoms with E-state index < -0.39 is 0 Å². The molecule has 0 fully saturated rings. The van der Waals surface area contributed by atoms with Crippen molar-refractivity contribution in [2.45, 2.75) is 6.04 Å². The molecule has 1 aliphatic rings. The van der Waals surface area contributed by atoms with Crippen LogP contribution in [0.15, 0.2) is 67.0 Å². The number of carbonyl (C=O) groups excluding carboxylic acids is 1. The summed E-state index contributed by atoms with van der Waals surface area (Å²) in [6.07, 6.45) is 3.52. The third-order valence-electron chi connectivity index (χ3n) is 3.77. The zero-order valence-corrected chi connectivity index (χ0v) is 11.2. The summed E-state index contributed by atoms with van der Waals surface area (Å²) >= 11 is 0. The minimum absolute atomic E-state index is 0.0566. The van der Waals surface area contributed by atoms with Gasteiger partial charge < -0.3 is 9.88 Å². The Bertz CT molecular complexity index is 808. The van der Waals surface area contributed by atoms with Crippen molar-refractivity contribution in [1.82, 2.24) is 9.55 Å². The largest absolute Gasteiger partial charge is 0.319 e. The molecule has 2 heterocycles. The Labute approximate surface area is 122 Å². The van der Waals surface area contributed by atoms with Crippen LogP contribution in [-0.2, 0) is 0 Å². The van der Waals surface area contributed by atoms with E-state index in [1.165, 1.54) is 0 Å². The Balaban J connectivity index is 2.01. The summed E-state index contributed by atoms with van der Waals surface area (Å²) in [7, 11) is 0. The number of amides is 1. The van der Waals surface area contributed by atoms with Gasteiger partial charge in [-0.2, -0.15) is 0 Å². The van der Waals surface area contributed by atoms with E-state index in [4.69, 9.17) is 0 Å². The van der Waals surface area contributed by atoms with E-state index >= 15 is 0 Å². The Morgan fingerprint density at radius 1 is 1.00 bits per heavy atom. The molecule has 1 aliphatic heterocycles. The van der Waals surface area contributed by atoms with Gasteiger partial charge in [0.2, 0.25) is 0 Å². The standard InChI is InChI=1S/C17H13N3O/c21-17-16-18-10-11-20(16)15(12-6-2-1-3-7-12)13-8-4-5-9-14(13)19-17/h1-11,15H,(H,19,21). The third-order valence-corrected chi connectivity index (χ3v) is 3.77. The highest BCUT2D eigenvalue weighted by atomic mass is 16.2. The van der Waals surface area contributed by atoms with Gasteiger partial charge in [-0.3, -0.25) is 4.79 Å². The fraction of sp³-hybridized carbons (Fsp3) is 0.0588. The molecule has 4 heteroatoms. The van der Waals surface area contributed by atoms with Crippen LogP contribution in [0.25, 0.3) is 0 Å². The molecule has 0 radical (unpaired) electrons. The molecule has 2 aromatic carbocycles. The Kier molecular flexibility index (Phi) is 2.60. The zero-order chi connectivity index (χ0) is 14.2. The van der Waals surface area contributed by atoms with Crippen molar-refractivity contribution in [3.8, 4) is 0 Å². The lowest BCUT2D eigenvalue weighted by molar-refractivity contribution is 0.101. The molecule has 3 aromatic rings. The van der Waals surface area contributed by atoms with Gasteiger partial charge in [-0.1, -0.05) is 48.5 Å². The summed E-state index contributed by atoms with van der Waals surface area (Å²) in [5.41, 5.74) is 3.02. The predicted molar refractivity (Wildman–Crippen MR) is 80.3 cm³/mol. The monoisotopic (exact) mass is 275 g/mol. The van der Waals surface area contributed by atoms with Crippen molar-refractivity contribution < 1.29 is 4.79 Å². The van der Waals surface area contributed by atoms with Crippen LogP contribution in [0.3, 0.4) is 0 Å². The van der Waals surface area contributed by atoms with E-state index in [0.29, 0.717) is 5.82 Å². The lowest BCUT2D eigenvalue weighted by Gasteiger charge is -2.20. The van der Waals surface area contributed by atoms with E-state index in [1.54, 1.807) is 6.20 Å². The number of benzene rings is 2. The number of carbonyl (C=O) groups is 1. The highest BCUT2D eigenvalue weighted by Crippen LogP contribution is 2.34. The van der Waals surface area contributed by atoms with Gasteiger partial charge in [0.1, 0.15) is 0 Å². The van der Waals surface area contributed by atoms with Gasteiger partial charge in [0.15, 0.2) is 5.82 Å². The maximum atomic E-state index is 12.3. The van der Waals surface area contributed by atoms with Crippen LogP contribution in [0.1, 0.15) is 27.8 Å². The first kappa shape index (κ1) is 11.9. The summed E-state index contributed by atoms with van der Waals surface area (Å²) < 4.78 is 1.93. The quantitative estimate of drug-likeness (QED) is 0.742. The summed E-state index contributed by atoms with van der Waals surface area (Å²) in [6.45, 7) is 0. The molecule has 0 bridgehead atoms. The summed E-state index contributed by atoms with van der Waals surface area (Å²) in [4.78, 5) is 16.5. The first-order valence-electron chi connectivity index (χ1n) is 6.82. The van der Waals surface area contributed by atoms with Crippen LogP contribution in [0.5, 0.6) is 0 Å². The van der Waals surface area contributed by atoms with Crippen LogP contribution in [0.4, 0.5) is 5.69 Å². The number of fused-ring (bicyclic) bond motifs is 2. The van der Waals surface area contributed by atoms with E-state index in [0.717, 1.165) is 16.8 Å². The van der Waals surface area contributed by atoms with Crippen LogP contribution in [-0.4, -0.2) is 15.5 Å². The fourth-order valence-electron chi connectivity index (χ4n) is 2.85. The third kappa shape index (κ3) is 1.84. The molecule has 1 aromatic heterocycles. The Morgan fingerprint density at radius 2 is 1.76 bits per heavy atom. The van der Waals surface area contributed by atoms with E-state index in [1.807, 2.05) is 53.2 Å². The van der Waals surface area contributed by atoms with E-state index in [2.05, 4.69) is 22.4 Å². The number of aromatic nitrogens is 2. The summed E-state index contributed by atoms with van der Waals surface area (Å²) in [5, 5.41) is 2.94. The highest BCUT2D eigenvalue weighted by Gasteiger charge is 2.28. The summed E-state index contributed by atoms with van der Waals surface area (Å²) in [6, 6.07) is 18.0. The second-order valence-electron chi connectivity index (χ2n) is 5.01. The highest BCUT2D eigenvalue weighted by molar-refractivity contribution is 6.03. The first-order chi connectivity index (χ1) is 10.3. The molecule has 4 rings (SSSR count). The van der Waals surface area contributed by atoms with Gasteiger partial charge in [0.25, 0.3) is 5.91 Å². The molecule has 21 heavy (non-hydrogen) atoms. The normalized spacial score (nSPS) is 16.6. The number of anilines is 1. The van der Waals surface area contributed by atoms with E-state index in [-0.39, 0.29) is 11.9 Å². The van der Waals surface area contributed by atoms with Crippen molar-refractivity contribution in [2.75, 3.05) is 5.32 Å². The minimum atomic E-state index is -0.175. The SMILES string of the molecule is O=C1Nc2ccccc2C(c2ccccc2)n2ccnc21. The van der Waals surface area contributed by atoms with Crippen molar-refractivity contribution in [3.05, 3.63) is 83.9 Å². The Morgan fingerprint density at radius 3 is 2.62 bits per heavy atom. The topological polar surface area (TPSA) is 46.9 Å². The number of hydrogen-bond donors (Lipinski definition) is 1. The average Bonchev–Trinajstić information content (AvgIpc) is 2.96. The van der Waals surface area contributed by atoms with Gasteiger partial charge >= 0.3 is 0 Å². The van der Waals surface area contributed by atoms with Crippen LogP contribution >= 0.6 is 0 Å². The molecular weight excluding hydrogens is 262 g/mol. The maximum Gasteiger partial charge on any atom is 0.291 e. The molecule has 1 N–H and O–H groups in total. The lowest BCUT2D eigenvalue weighted by Crippen LogP contribution is -2.16. The number of nitrogens with one attached hydrogen (secondary N) is 1. The van der Waals surface area contributed by atoms with Gasteiger partial charge in [-0.05, 0) is 11.6 Å². The van der Waals surface area contributed by atoms with Gasteiger partial charge in [0.05, 0.1) is 6.04 Å². The molecule has 4 nitrogen and oxygen atoms in total. The number of rotatable bonds is 1. The van der Waals surface area contributed by atoms with Crippen LogP contribution in [0, 0.1) is 0 Å². The van der Waals surface area contributed by atoms with Crippen molar-refractivity contribution in [2.24, 2.45) is 0 Å². The molecule has 102 valence electrons. The van der Waals surface area contributed by atoms with Gasteiger partial charge in [-0.15, -0.1) is 0 Å². The average molecular weight is 275 g/mol. The number of para-hydroxylation sites is 1. The first-order valence-corrected chi connectivity index (χ1v) is 6.82. The molecule has 1 amide bonds. The maximum absolute atomic E-state index is 12.3. The molecule has 0 aliphatic carbocycles. The van der Waals surface area contributed by atoms with Crippen LogP contribution in [0.2, 0.25) is 0 Å². The summed E-state index contributed by atoms with van der Waals surface area (Å²) in [5.74, 6) is 0.255. The van der Waals surface area contributed by atoms with Crippen LogP contribution < -0.4 is 5.32 Å². The molecule has 1 atom stereocenters. The second-order valence-corrected chi connectivity index (χ2v) is 5.01. The fourth-order valence-corrected chi connectivity index (χ4v) is 2.85.